The predicted octanol–water partition coefficient (Wildman–Crippen LogP) is 4.19. The van der Waals surface area contributed by atoms with E-state index in [-0.39, 0.29) is 30.5 Å². The molecule has 2 rings (SSSR count). The average Bonchev–Trinajstić information content (AvgIpc) is 2.64. The lowest BCUT2D eigenvalue weighted by Gasteiger charge is -2.16. The lowest BCUT2D eigenvalue weighted by atomic mass is 10.1. The first-order valence-electron chi connectivity index (χ1n) is 8.76. The molecule has 0 aliphatic rings. The minimum atomic E-state index is -0.776. The van der Waals surface area contributed by atoms with Gasteiger partial charge < -0.3 is 20.5 Å². The van der Waals surface area contributed by atoms with Crippen LogP contribution in [0.25, 0.3) is 0 Å². The predicted molar refractivity (Wildman–Crippen MR) is 125 cm³/mol. The molecule has 2 aromatic rings. The third-order valence-corrected chi connectivity index (χ3v) is 4.05. The third-order valence-electron chi connectivity index (χ3n) is 3.62. The minimum absolute atomic E-state index is 0. The Morgan fingerprint density at radius 1 is 1.21 bits per heavy atom. The zero-order valence-electron chi connectivity index (χ0n) is 15.8. The molecule has 0 bridgehead atoms. The molecule has 6 nitrogen and oxygen atoms in total. The Kier molecular flexibility index (Phi) is 11.5. The normalized spacial score (nSPS) is 12.1. The summed E-state index contributed by atoms with van der Waals surface area (Å²) in [5.41, 5.74) is 1.53. The number of aliphatic imine (C=N–C) groups is 1. The summed E-state index contributed by atoms with van der Waals surface area (Å²) in [4.78, 5) is 8.76. The zero-order chi connectivity index (χ0) is 19.6. The van der Waals surface area contributed by atoms with E-state index < -0.39 is 6.10 Å². The second kappa shape index (κ2) is 13.0. The first kappa shape index (κ1) is 24.7. The molecule has 0 saturated heterocycles. The van der Waals surface area contributed by atoms with Crippen molar-refractivity contribution >= 4 is 53.1 Å². The third kappa shape index (κ3) is 7.98. The van der Waals surface area contributed by atoms with Crippen molar-refractivity contribution in [2.75, 3.05) is 19.7 Å². The largest absolute Gasteiger partial charge is 0.478 e. The molecule has 0 spiro atoms. The highest BCUT2D eigenvalue weighted by Gasteiger charge is 2.11. The van der Waals surface area contributed by atoms with Crippen molar-refractivity contribution in [3.63, 3.8) is 0 Å². The van der Waals surface area contributed by atoms with E-state index in [0.29, 0.717) is 47.1 Å². The summed E-state index contributed by atoms with van der Waals surface area (Å²) in [6.45, 7) is 5.78. The lowest BCUT2D eigenvalue weighted by Crippen LogP contribution is -2.39. The Morgan fingerprint density at radius 3 is 2.57 bits per heavy atom. The van der Waals surface area contributed by atoms with Crippen molar-refractivity contribution in [2.24, 2.45) is 4.99 Å². The molecule has 1 unspecified atom stereocenters. The number of hydrogen-bond acceptors (Lipinski definition) is 4. The second-order valence-electron chi connectivity index (χ2n) is 5.70. The maximum absolute atomic E-state index is 10.4. The van der Waals surface area contributed by atoms with Crippen LogP contribution in [-0.4, -0.2) is 35.7 Å². The van der Waals surface area contributed by atoms with Crippen LogP contribution >= 0.6 is 47.2 Å². The highest BCUT2D eigenvalue weighted by atomic mass is 127. The number of halogens is 3. The molecule has 9 heteroatoms. The van der Waals surface area contributed by atoms with Crippen molar-refractivity contribution in [2.45, 2.75) is 26.5 Å². The molecule has 1 aromatic heterocycles. The molecule has 0 aliphatic carbocycles. The van der Waals surface area contributed by atoms with Gasteiger partial charge in [-0.05, 0) is 43.7 Å². The molecule has 0 aliphatic heterocycles. The average molecular weight is 539 g/mol. The number of nitrogens with zero attached hydrogens (tertiary/aromatic N) is 2. The van der Waals surface area contributed by atoms with E-state index in [1.54, 1.807) is 24.4 Å². The van der Waals surface area contributed by atoms with Crippen LogP contribution in [0.5, 0.6) is 5.88 Å². The van der Waals surface area contributed by atoms with Gasteiger partial charge >= 0.3 is 0 Å². The van der Waals surface area contributed by atoms with Gasteiger partial charge in [-0.25, -0.2) is 9.98 Å². The summed E-state index contributed by atoms with van der Waals surface area (Å²) < 4.78 is 5.52. The number of ether oxygens (including phenoxy) is 1. The highest BCUT2D eigenvalue weighted by molar-refractivity contribution is 14.0. The van der Waals surface area contributed by atoms with Gasteiger partial charge in [-0.15, -0.1) is 24.0 Å². The van der Waals surface area contributed by atoms with Crippen LogP contribution in [0.1, 0.15) is 31.1 Å². The van der Waals surface area contributed by atoms with Crippen molar-refractivity contribution in [1.82, 2.24) is 15.6 Å². The van der Waals surface area contributed by atoms with Gasteiger partial charge in [0.2, 0.25) is 5.88 Å². The topological polar surface area (TPSA) is 78.8 Å². The summed E-state index contributed by atoms with van der Waals surface area (Å²) in [7, 11) is 0. The summed E-state index contributed by atoms with van der Waals surface area (Å²) in [5, 5.41) is 17.6. The number of aliphatic hydroxyl groups excluding tert-OH is 1. The maximum Gasteiger partial charge on any atom is 0.218 e. The van der Waals surface area contributed by atoms with Crippen LogP contribution in [0.2, 0.25) is 10.0 Å². The van der Waals surface area contributed by atoms with Gasteiger partial charge in [0.1, 0.15) is 0 Å². The Hall–Kier alpha value is -1.29. The monoisotopic (exact) mass is 538 g/mol. The Labute approximate surface area is 192 Å². The van der Waals surface area contributed by atoms with Crippen LogP contribution in [0.4, 0.5) is 0 Å². The first-order valence-corrected chi connectivity index (χ1v) is 9.52. The van der Waals surface area contributed by atoms with Gasteiger partial charge in [-0.3, -0.25) is 0 Å². The summed E-state index contributed by atoms with van der Waals surface area (Å²) in [6, 6.07) is 8.78. The number of aromatic nitrogens is 1. The molecule has 0 saturated carbocycles. The fourth-order valence-electron chi connectivity index (χ4n) is 2.40. The van der Waals surface area contributed by atoms with Crippen molar-refractivity contribution in [1.29, 1.82) is 0 Å². The molecular weight excluding hydrogens is 514 g/mol. The van der Waals surface area contributed by atoms with Gasteiger partial charge in [0.15, 0.2) is 5.96 Å². The molecule has 0 amide bonds. The van der Waals surface area contributed by atoms with E-state index in [2.05, 4.69) is 20.6 Å². The van der Waals surface area contributed by atoms with E-state index in [9.17, 15) is 5.11 Å². The molecule has 154 valence electrons. The number of benzene rings is 1. The standard InChI is InChI=1S/C19H24Cl2N4O2.HI/c1-3-22-19(24-11-13-6-5-7-23-18(13)27-4-2)25-12-17(26)14-8-15(20)10-16(21)9-14;/h5-10,17,26H,3-4,11-12H2,1-2H3,(H2,22,24,25);1H. The van der Waals surface area contributed by atoms with E-state index in [0.717, 1.165) is 5.56 Å². The zero-order valence-corrected chi connectivity index (χ0v) is 19.6. The summed E-state index contributed by atoms with van der Waals surface area (Å²) in [5.74, 6) is 1.16. The van der Waals surface area contributed by atoms with E-state index in [1.807, 2.05) is 26.0 Å². The maximum atomic E-state index is 10.4. The molecule has 0 fully saturated rings. The number of nitrogens with one attached hydrogen (secondary N) is 2. The van der Waals surface area contributed by atoms with Crippen LogP contribution in [0.15, 0.2) is 41.5 Å². The van der Waals surface area contributed by atoms with Gasteiger partial charge in [-0.1, -0.05) is 29.3 Å². The smallest absolute Gasteiger partial charge is 0.218 e. The molecule has 3 N–H and O–H groups in total. The quantitative estimate of drug-likeness (QED) is 0.267. The van der Waals surface area contributed by atoms with Crippen LogP contribution in [-0.2, 0) is 6.54 Å². The minimum Gasteiger partial charge on any atom is -0.478 e. The Morgan fingerprint density at radius 2 is 1.93 bits per heavy atom. The molecule has 1 aromatic carbocycles. The van der Waals surface area contributed by atoms with Gasteiger partial charge in [0.05, 0.1) is 19.3 Å². The van der Waals surface area contributed by atoms with Crippen molar-refractivity contribution in [3.8, 4) is 5.88 Å². The van der Waals surface area contributed by atoms with Crippen molar-refractivity contribution in [3.05, 3.63) is 57.7 Å². The van der Waals surface area contributed by atoms with Gasteiger partial charge in [0.25, 0.3) is 0 Å². The van der Waals surface area contributed by atoms with E-state index in [4.69, 9.17) is 27.9 Å². The van der Waals surface area contributed by atoms with Gasteiger partial charge in [-0.2, -0.15) is 0 Å². The molecule has 1 atom stereocenters. The lowest BCUT2D eigenvalue weighted by molar-refractivity contribution is 0.181. The van der Waals surface area contributed by atoms with Crippen LogP contribution in [0, 0.1) is 0 Å². The highest BCUT2D eigenvalue weighted by Crippen LogP contribution is 2.23. The summed E-state index contributed by atoms with van der Waals surface area (Å²) in [6.07, 6.45) is 0.913. The number of hydrogen-bond donors (Lipinski definition) is 3. The Balaban J connectivity index is 0.00000392. The second-order valence-corrected chi connectivity index (χ2v) is 6.57. The van der Waals surface area contributed by atoms with E-state index >= 15 is 0 Å². The number of guanidine groups is 1. The van der Waals surface area contributed by atoms with Crippen LogP contribution < -0.4 is 15.4 Å². The number of rotatable bonds is 8. The SMILES string of the molecule is CCNC(=NCc1cccnc1OCC)NCC(O)c1cc(Cl)cc(Cl)c1.I. The molecular formula is C19H25Cl2IN4O2. The summed E-state index contributed by atoms with van der Waals surface area (Å²) >= 11 is 12.0. The van der Waals surface area contributed by atoms with E-state index in [1.165, 1.54) is 0 Å². The van der Waals surface area contributed by atoms with Gasteiger partial charge in [0, 0.05) is 34.9 Å². The fraction of sp³-hybridized carbons (Fsp3) is 0.368. The first-order chi connectivity index (χ1) is 13.0. The van der Waals surface area contributed by atoms with Crippen LogP contribution in [0.3, 0.4) is 0 Å². The number of pyridine rings is 1. The molecule has 0 radical (unpaired) electrons. The Bertz CT molecular complexity index is 757. The number of aliphatic hydroxyl groups is 1. The molecule has 1 heterocycles. The molecule has 28 heavy (non-hydrogen) atoms. The van der Waals surface area contributed by atoms with Crippen molar-refractivity contribution < 1.29 is 9.84 Å². The fourth-order valence-corrected chi connectivity index (χ4v) is 2.94.